The van der Waals surface area contributed by atoms with Gasteiger partial charge in [0.2, 0.25) is 0 Å². The van der Waals surface area contributed by atoms with E-state index < -0.39 is 0 Å². The average Bonchev–Trinajstić information content (AvgIpc) is 2.66. The predicted octanol–water partition coefficient (Wildman–Crippen LogP) is 2.69. The van der Waals surface area contributed by atoms with Crippen molar-refractivity contribution in [1.82, 2.24) is 15.5 Å². The van der Waals surface area contributed by atoms with Crippen LogP contribution in [0.15, 0.2) is 29.3 Å². The molecule has 6 nitrogen and oxygen atoms in total. The maximum atomic E-state index is 5.80. The number of hydrogen-bond acceptors (Lipinski definition) is 4. The minimum atomic E-state index is 0. The molecular formula is C20H35IN4O2. The van der Waals surface area contributed by atoms with Crippen LogP contribution < -0.4 is 15.4 Å². The molecule has 0 atom stereocenters. The summed E-state index contributed by atoms with van der Waals surface area (Å²) in [7, 11) is 0. The minimum absolute atomic E-state index is 0. The first-order chi connectivity index (χ1) is 12.7. The molecule has 0 bridgehead atoms. The van der Waals surface area contributed by atoms with E-state index in [1.165, 1.54) is 5.56 Å². The van der Waals surface area contributed by atoms with Crippen LogP contribution >= 0.6 is 24.0 Å². The van der Waals surface area contributed by atoms with Crippen LogP contribution in [-0.4, -0.2) is 69.9 Å². The molecule has 7 heteroatoms. The highest BCUT2D eigenvalue weighted by Gasteiger charge is 2.09. The number of benzene rings is 1. The first-order valence-electron chi connectivity index (χ1n) is 9.74. The smallest absolute Gasteiger partial charge is 0.191 e. The summed E-state index contributed by atoms with van der Waals surface area (Å²) in [6.07, 6.45) is 0. The second-order valence-electron chi connectivity index (χ2n) is 6.71. The van der Waals surface area contributed by atoms with Gasteiger partial charge in [0.15, 0.2) is 5.96 Å². The number of halogens is 1. The van der Waals surface area contributed by atoms with E-state index in [4.69, 9.17) is 9.47 Å². The Bertz CT molecular complexity index is 531. The van der Waals surface area contributed by atoms with Gasteiger partial charge in [0.1, 0.15) is 12.4 Å². The Morgan fingerprint density at radius 2 is 1.89 bits per heavy atom. The van der Waals surface area contributed by atoms with Crippen LogP contribution in [0.2, 0.25) is 0 Å². The van der Waals surface area contributed by atoms with E-state index in [0.29, 0.717) is 12.5 Å². The maximum absolute atomic E-state index is 5.80. The second-order valence-corrected chi connectivity index (χ2v) is 6.71. The number of hydrogen-bond donors (Lipinski definition) is 2. The van der Waals surface area contributed by atoms with Crippen molar-refractivity contribution in [2.75, 3.05) is 59.1 Å². The van der Waals surface area contributed by atoms with Crippen molar-refractivity contribution >= 4 is 29.9 Å². The molecule has 1 fully saturated rings. The quantitative estimate of drug-likeness (QED) is 0.241. The summed E-state index contributed by atoms with van der Waals surface area (Å²) in [6.45, 7) is 14.1. The van der Waals surface area contributed by atoms with Crippen LogP contribution in [0.3, 0.4) is 0 Å². The Kier molecular flexibility index (Phi) is 12.4. The number of guanidine groups is 1. The van der Waals surface area contributed by atoms with Gasteiger partial charge in [0.25, 0.3) is 0 Å². The molecule has 1 aliphatic heterocycles. The molecule has 27 heavy (non-hydrogen) atoms. The second kappa shape index (κ2) is 14.0. The largest absolute Gasteiger partial charge is 0.492 e. The third kappa shape index (κ3) is 9.62. The number of morpholine rings is 1. The number of nitrogens with one attached hydrogen (secondary N) is 2. The van der Waals surface area contributed by atoms with E-state index in [1.54, 1.807) is 0 Å². The summed E-state index contributed by atoms with van der Waals surface area (Å²) in [6, 6.07) is 8.34. The molecule has 1 aromatic rings. The van der Waals surface area contributed by atoms with Gasteiger partial charge in [0, 0.05) is 26.2 Å². The Hall–Kier alpha value is -1.06. The van der Waals surface area contributed by atoms with Crippen LogP contribution in [0.5, 0.6) is 5.75 Å². The summed E-state index contributed by atoms with van der Waals surface area (Å²) in [5.41, 5.74) is 1.33. The van der Waals surface area contributed by atoms with Gasteiger partial charge in [-0.2, -0.15) is 0 Å². The number of rotatable bonds is 9. The summed E-state index contributed by atoms with van der Waals surface area (Å²) < 4.78 is 11.2. The molecule has 2 rings (SSSR count). The first-order valence-corrected chi connectivity index (χ1v) is 9.74. The highest BCUT2D eigenvalue weighted by Crippen LogP contribution is 2.18. The molecule has 0 unspecified atom stereocenters. The van der Waals surface area contributed by atoms with Crippen molar-refractivity contribution in [3.63, 3.8) is 0 Å². The Balaban J connectivity index is 0.00000364. The highest BCUT2D eigenvalue weighted by atomic mass is 127. The van der Waals surface area contributed by atoms with E-state index >= 15 is 0 Å². The Morgan fingerprint density at radius 3 is 2.52 bits per heavy atom. The number of aliphatic imine (C=N–C) groups is 1. The molecule has 1 aromatic carbocycles. The first kappa shape index (κ1) is 24.0. The zero-order chi connectivity index (χ0) is 18.6. The van der Waals surface area contributed by atoms with Gasteiger partial charge >= 0.3 is 0 Å². The van der Waals surface area contributed by atoms with Gasteiger partial charge in [-0.3, -0.25) is 9.89 Å². The summed E-state index contributed by atoms with van der Waals surface area (Å²) >= 11 is 0. The lowest BCUT2D eigenvalue weighted by molar-refractivity contribution is 0.0394. The average molecular weight is 490 g/mol. The fourth-order valence-electron chi connectivity index (χ4n) is 2.76. The molecular weight excluding hydrogens is 455 g/mol. The number of nitrogens with zero attached hydrogens (tertiary/aromatic N) is 2. The molecule has 0 saturated carbocycles. The minimum Gasteiger partial charge on any atom is -0.492 e. The molecule has 0 amide bonds. The van der Waals surface area contributed by atoms with Crippen molar-refractivity contribution in [2.24, 2.45) is 4.99 Å². The molecule has 0 radical (unpaired) electrons. The fraction of sp³-hybridized carbons (Fsp3) is 0.650. The van der Waals surface area contributed by atoms with Gasteiger partial charge < -0.3 is 20.1 Å². The molecule has 1 aliphatic rings. The third-order valence-corrected chi connectivity index (χ3v) is 4.34. The van der Waals surface area contributed by atoms with Crippen molar-refractivity contribution in [1.29, 1.82) is 0 Å². The molecule has 0 aromatic heterocycles. The van der Waals surface area contributed by atoms with E-state index in [9.17, 15) is 0 Å². The Labute approximate surface area is 181 Å². The lowest BCUT2D eigenvalue weighted by atomic mass is 10.0. The maximum Gasteiger partial charge on any atom is 0.191 e. The van der Waals surface area contributed by atoms with E-state index in [-0.39, 0.29) is 24.0 Å². The molecule has 0 spiro atoms. The lowest BCUT2D eigenvalue weighted by Crippen LogP contribution is -2.41. The van der Waals surface area contributed by atoms with Crippen molar-refractivity contribution in [2.45, 2.75) is 26.7 Å². The van der Waals surface area contributed by atoms with Crippen molar-refractivity contribution < 1.29 is 9.47 Å². The van der Waals surface area contributed by atoms with Crippen LogP contribution in [0, 0.1) is 0 Å². The topological polar surface area (TPSA) is 58.1 Å². The summed E-state index contributed by atoms with van der Waals surface area (Å²) in [5, 5.41) is 6.61. The third-order valence-electron chi connectivity index (χ3n) is 4.34. The molecule has 1 heterocycles. The molecule has 1 saturated heterocycles. The number of ether oxygens (including phenoxy) is 2. The van der Waals surface area contributed by atoms with Crippen LogP contribution in [0.4, 0.5) is 0 Å². The summed E-state index contributed by atoms with van der Waals surface area (Å²) in [5.74, 6) is 2.30. The zero-order valence-electron chi connectivity index (χ0n) is 16.9. The van der Waals surface area contributed by atoms with Crippen LogP contribution in [0.25, 0.3) is 0 Å². The van der Waals surface area contributed by atoms with Gasteiger partial charge in [0.05, 0.1) is 26.3 Å². The molecule has 154 valence electrons. The highest BCUT2D eigenvalue weighted by molar-refractivity contribution is 14.0. The van der Waals surface area contributed by atoms with Gasteiger partial charge in [-0.25, -0.2) is 0 Å². The standard InChI is InChI=1S/C20H34N4O2.HI/c1-4-21-20(22-9-11-24-12-15-25-16-13-24)23-10-14-26-19-7-5-18(6-8-19)17(2)3;/h5-8,17H,4,9-16H2,1-3H3,(H2,21,22,23);1H. The normalized spacial score (nSPS) is 15.3. The lowest BCUT2D eigenvalue weighted by Gasteiger charge is -2.25. The molecule has 0 aliphatic carbocycles. The predicted molar refractivity (Wildman–Crippen MR) is 123 cm³/mol. The van der Waals surface area contributed by atoms with Crippen molar-refractivity contribution in [3.05, 3.63) is 29.8 Å². The van der Waals surface area contributed by atoms with E-state index in [0.717, 1.165) is 64.2 Å². The zero-order valence-corrected chi connectivity index (χ0v) is 19.2. The van der Waals surface area contributed by atoms with Gasteiger partial charge in [-0.05, 0) is 30.5 Å². The SMILES string of the molecule is CCNC(=NCCN1CCOCC1)NCCOc1ccc(C(C)C)cc1.I. The van der Waals surface area contributed by atoms with E-state index in [1.807, 2.05) is 12.1 Å². The van der Waals surface area contributed by atoms with Crippen molar-refractivity contribution in [3.8, 4) is 5.75 Å². The monoisotopic (exact) mass is 490 g/mol. The van der Waals surface area contributed by atoms with Crippen LogP contribution in [-0.2, 0) is 4.74 Å². The molecule has 2 N–H and O–H groups in total. The van der Waals surface area contributed by atoms with E-state index in [2.05, 4.69) is 53.4 Å². The Morgan fingerprint density at radius 1 is 1.19 bits per heavy atom. The summed E-state index contributed by atoms with van der Waals surface area (Å²) in [4.78, 5) is 7.03. The fourth-order valence-corrected chi connectivity index (χ4v) is 2.76. The van der Waals surface area contributed by atoms with Gasteiger partial charge in [-0.15, -0.1) is 24.0 Å². The van der Waals surface area contributed by atoms with Crippen LogP contribution in [0.1, 0.15) is 32.3 Å². The van der Waals surface area contributed by atoms with Gasteiger partial charge in [-0.1, -0.05) is 26.0 Å².